The Morgan fingerprint density at radius 2 is 2.03 bits per heavy atom. The van der Waals surface area contributed by atoms with E-state index in [0.717, 1.165) is 16.8 Å². The standard InChI is InChI=1S/C22H21FN6O2/c1-13-10-15(8-9-24-13)19-16-11-25-21(18(23)20(16)29-28-19)27-22(30)26-17(12-31-2)14-6-4-3-5-7-14/h3-11,17H,12H2,1-2H3,(H,28,29)(H2,25,26,27,30). The van der Waals surface area contributed by atoms with Crippen LogP contribution in [-0.4, -0.2) is 39.9 Å². The number of aryl methyl sites for hydroxylation is 1. The smallest absolute Gasteiger partial charge is 0.321 e. The first kappa shape index (κ1) is 20.4. The van der Waals surface area contributed by atoms with Crippen molar-refractivity contribution in [3.8, 4) is 11.3 Å². The summed E-state index contributed by atoms with van der Waals surface area (Å²) in [5.74, 6) is -0.893. The molecule has 3 N–H and O–H groups in total. The molecule has 1 unspecified atom stereocenters. The molecule has 8 nitrogen and oxygen atoms in total. The molecule has 0 fully saturated rings. The second-order valence-electron chi connectivity index (χ2n) is 6.98. The second-order valence-corrected chi connectivity index (χ2v) is 6.98. The average molecular weight is 420 g/mol. The van der Waals surface area contributed by atoms with Gasteiger partial charge in [-0.25, -0.2) is 14.2 Å². The Bertz CT molecular complexity index is 1210. The number of hydrogen-bond acceptors (Lipinski definition) is 5. The van der Waals surface area contributed by atoms with Crippen LogP contribution in [0.2, 0.25) is 0 Å². The SMILES string of the molecule is COCC(NC(=O)Nc1ncc2c(-c3ccnc(C)c3)n[nH]c2c1F)c1ccccc1. The van der Waals surface area contributed by atoms with Crippen LogP contribution in [0.1, 0.15) is 17.3 Å². The van der Waals surface area contributed by atoms with E-state index in [1.54, 1.807) is 19.4 Å². The molecule has 0 bridgehead atoms. The number of aromatic amines is 1. The Balaban J connectivity index is 1.56. The van der Waals surface area contributed by atoms with Gasteiger partial charge in [-0.1, -0.05) is 30.3 Å². The van der Waals surface area contributed by atoms with Crippen molar-refractivity contribution < 1.29 is 13.9 Å². The van der Waals surface area contributed by atoms with E-state index < -0.39 is 17.9 Å². The van der Waals surface area contributed by atoms with Gasteiger partial charge in [0.1, 0.15) is 11.2 Å². The maximum atomic E-state index is 15.0. The number of carbonyl (C=O) groups is 1. The van der Waals surface area contributed by atoms with Crippen molar-refractivity contribution in [3.05, 3.63) is 71.9 Å². The number of rotatable bonds is 6. The van der Waals surface area contributed by atoms with Gasteiger partial charge in [0.2, 0.25) is 0 Å². The molecule has 0 aliphatic carbocycles. The summed E-state index contributed by atoms with van der Waals surface area (Å²) in [5, 5.41) is 12.7. The first-order chi connectivity index (χ1) is 15.1. The van der Waals surface area contributed by atoms with Gasteiger partial charge in [-0.3, -0.25) is 15.4 Å². The van der Waals surface area contributed by atoms with Gasteiger partial charge in [0, 0.05) is 36.1 Å². The number of urea groups is 1. The van der Waals surface area contributed by atoms with Gasteiger partial charge in [-0.05, 0) is 24.6 Å². The number of fused-ring (bicyclic) bond motifs is 1. The molecule has 0 saturated carbocycles. The van der Waals surface area contributed by atoms with Crippen molar-refractivity contribution in [2.24, 2.45) is 0 Å². The number of amides is 2. The van der Waals surface area contributed by atoms with Crippen molar-refractivity contribution in [2.45, 2.75) is 13.0 Å². The zero-order chi connectivity index (χ0) is 21.8. The van der Waals surface area contributed by atoms with E-state index in [-0.39, 0.29) is 17.9 Å². The van der Waals surface area contributed by atoms with Gasteiger partial charge < -0.3 is 10.1 Å². The van der Waals surface area contributed by atoms with Gasteiger partial charge in [0.25, 0.3) is 0 Å². The largest absolute Gasteiger partial charge is 0.382 e. The number of anilines is 1. The lowest BCUT2D eigenvalue weighted by molar-refractivity contribution is 0.168. The van der Waals surface area contributed by atoms with Gasteiger partial charge in [-0.2, -0.15) is 5.10 Å². The molecule has 1 aromatic carbocycles. The first-order valence-electron chi connectivity index (χ1n) is 9.64. The predicted molar refractivity (Wildman–Crippen MR) is 115 cm³/mol. The Kier molecular flexibility index (Phi) is 5.85. The third-order valence-corrected chi connectivity index (χ3v) is 4.80. The fraction of sp³-hybridized carbons (Fsp3) is 0.182. The highest BCUT2D eigenvalue weighted by molar-refractivity contribution is 5.96. The van der Waals surface area contributed by atoms with Gasteiger partial charge in [-0.15, -0.1) is 0 Å². The number of methoxy groups -OCH3 is 1. The molecule has 3 heterocycles. The maximum Gasteiger partial charge on any atom is 0.321 e. The van der Waals surface area contributed by atoms with E-state index in [1.807, 2.05) is 43.3 Å². The highest BCUT2D eigenvalue weighted by Crippen LogP contribution is 2.29. The summed E-state index contributed by atoms with van der Waals surface area (Å²) < 4.78 is 20.2. The van der Waals surface area contributed by atoms with E-state index in [4.69, 9.17) is 4.74 Å². The Morgan fingerprint density at radius 1 is 1.23 bits per heavy atom. The van der Waals surface area contributed by atoms with E-state index in [0.29, 0.717) is 11.1 Å². The minimum Gasteiger partial charge on any atom is -0.382 e. The van der Waals surface area contributed by atoms with E-state index in [1.165, 1.54) is 6.20 Å². The molecule has 9 heteroatoms. The molecule has 0 saturated heterocycles. The van der Waals surface area contributed by atoms with Crippen LogP contribution < -0.4 is 10.6 Å². The lowest BCUT2D eigenvalue weighted by Crippen LogP contribution is -2.35. The van der Waals surface area contributed by atoms with Crippen molar-refractivity contribution in [3.63, 3.8) is 0 Å². The maximum absolute atomic E-state index is 15.0. The van der Waals surface area contributed by atoms with Crippen LogP contribution in [0, 0.1) is 12.7 Å². The lowest BCUT2D eigenvalue weighted by atomic mass is 10.1. The molecule has 0 aliphatic rings. The fourth-order valence-electron chi connectivity index (χ4n) is 3.32. The van der Waals surface area contributed by atoms with E-state index in [9.17, 15) is 4.79 Å². The summed E-state index contributed by atoms with van der Waals surface area (Å²) in [6.07, 6.45) is 3.14. The number of ether oxygens (including phenoxy) is 1. The number of aromatic nitrogens is 4. The van der Waals surface area contributed by atoms with Crippen molar-refractivity contribution in [2.75, 3.05) is 19.0 Å². The molecule has 2 amide bonds. The number of benzene rings is 1. The number of nitrogens with one attached hydrogen (secondary N) is 3. The Morgan fingerprint density at radius 3 is 2.77 bits per heavy atom. The van der Waals surface area contributed by atoms with Crippen LogP contribution in [0.4, 0.5) is 15.0 Å². The predicted octanol–water partition coefficient (Wildman–Crippen LogP) is 3.98. The summed E-state index contributed by atoms with van der Waals surface area (Å²) >= 11 is 0. The molecular formula is C22H21FN6O2. The fourth-order valence-corrected chi connectivity index (χ4v) is 3.32. The molecule has 0 aliphatic heterocycles. The van der Waals surface area contributed by atoms with Crippen LogP contribution in [0.5, 0.6) is 0 Å². The average Bonchev–Trinajstić information content (AvgIpc) is 3.21. The number of nitrogens with zero attached hydrogens (tertiary/aromatic N) is 3. The minimum absolute atomic E-state index is 0.159. The summed E-state index contributed by atoms with van der Waals surface area (Å²) in [4.78, 5) is 20.8. The normalized spacial score (nSPS) is 12.0. The number of hydrogen-bond donors (Lipinski definition) is 3. The summed E-state index contributed by atoms with van der Waals surface area (Å²) in [6.45, 7) is 2.13. The van der Waals surface area contributed by atoms with Crippen molar-refractivity contribution >= 4 is 22.8 Å². The number of halogens is 1. The van der Waals surface area contributed by atoms with Crippen LogP contribution in [-0.2, 0) is 4.74 Å². The number of pyridine rings is 2. The lowest BCUT2D eigenvalue weighted by Gasteiger charge is -2.18. The number of carbonyl (C=O) groups excluding carboxylic acids is 1. The first-order valence-corrected chi connectivity index (χ1v) is 9.64. The van der Waals surface area contributed by atoms with Crippen LogP contribution in [0.15, 0.2) is 54.9 Å². The van der Waals surface area contributed by atoms with Gasteiger partial charge >= 0.3 is 6.03 Å². The third-order valence-electron chi connectivity index (χ3n) is 4.80. The quantitative estimate of drug-likeness (QED) is 0.438. The third kappa shape index (κ3) is 4.36. The van der Waals surface area contributed by atoms with Crippen molar-refractivity contribution in [1.29, 1.82) is 0 Å². The highest BCUT2D eigenvalue weighted by atomic mass is 19.1. The van der Waals surface area contributed by atoms with Gasteiger partial charge in [0.15, 0.2) is 11.6 Å². The molecule has 3 aromatic heterocycles. The Hall–Kier alpha value is -3.85. The van der Waals surface area contributed by atoms with Crippen LogP contribution in [0.3, 0.4) is 0 Å². The topological polar surface area (TPSA) is 105 Å². The summed E-state index contributed by atoms with van der Waals surface area (Å²) in [5.41, 5.74) is 3.21. The molecule has 0 radical (unpaired) electrons. The molecule has 31 heavy (non-hydrogen) atoms. The molecule has 4 rings (SSSR count). The highest BCUT2D eigenvalue weighted by Gasteiger charge is 2.19. The zero-order valence-electron chi connectivity index (χ0n) is 17.0. The van der Waals surface area contributed by atoms with E-state index >= 15 is 4.39 Å². The van der Waals surface area contributed by atoms with Gasteiger partial charge in [0.05, 0.1) is 12.6 Å². The molecule has 158 valence electrons. The molecule has 0 spiro atoms. The minimum atomic E-state index is -0.694. The Labute approximate surface area is 177 Å². The summed E-state index contributed by atoms with van der Waals surface area (Å²) in [6, 6.07) is 12.0. The number of H-pyrrole nitrogens is 1. The molecule has 4 aromatic rings. The van der Waals surface area contributed by atoms with E-state index in [2.05, 4.69) is 30.8 Å². The van der Waals surface area contributed by atoms with Crippen LogP contribution in [0.25, 0.3) is 22.2 Å². The molecular weight excluding hydrogens is 399 g/mol. The zero-order valence-corrected chi connectivity index (χ0v) is 17.0. The second kappa shape index (κ2) is 8.88. The monoisotopic (exact) mass is 420 g/mol. The summed E-state index contributed by atoms with van der Waals surface area (Å²) in [7, 11) is 1.55. The van der Waals surface area contributed by atoms with Crippen molar-refractivity contribution in [1.82, 2.24) is 25.5 Å². The molecule has 1 atom stereocenters. The van der Waals surface area contributed by atoms with Crippen LogP contribution >= 0.6 is 0 Å².